The predicted molar refractivity (Wildman–Crippen MR) is 79.5 cm³/mol. The van der Waals surface area contributed by atoms with Gasteiger partial charge < -0.3 is 26.4 Å². The number of hydrogen-bond acceptors (Lipinski definition) is 5. The number of aromatic hydroxyl groups is 1. The van der Waals surface area contributed by atoms with E-state index in [-0.39, 0.29) is 18.9 Å². The zero-order chi connectivity index (χ0) is 14.5. The van der Waals surface area contributed by atoms with Crippen LogP contribution in [0.25, 0.3) is 11.1 Å². The summed E-state index contributed by atoms with van der Waals surface area (Å²) in [6.07, 6.45) is -0.809. The van der Waals surface area contributed by atoms with Gasteiger partial charge in [0.25, 0.3) is 0 Å². The first-order chi connectivity index (χ1) is 9.60. The molecule has 5 heteroatoms. The number of nitrogens with one attached hydrogen (secondary N) is 1. The van der Waals surface area contributed by atoms with E-state index in [2.05, 4.69) is 5.32 Å². The van der Waals surface area contributed by atoms with Crippen LogP contribution >= 0.6 is 0 Å². The fourth-order valence-corrected chi connectivity index (χ4v) is 1.89. The zero-order valence-electron chi connectivity index (χ0n) is 11.0. The molecule has 2 aromatic carbocycles. The number of nitrogens with two attached hydrogens (primary N) is 1. The van der Waals surface area contributed by atoms with Gasteiger partial charge in [-0.3, -0.25) is 0 Å². The van der Waals surface area contributed by atoms with Crippen molar-refractivity contribution in [1.82, 2.24) is 0 Å². The molecule has 106 valence electrons. The molecule has 2 rings (SSSR count). The highest BCUT2D eigenvalue weighted by atomic mass is 16.3. The van der Waals surface area contributed by atoms with Gasteiger partial charge in [-0.05, 0) is 35.9 Å². The SMILES string of the molecule is Nc1ccc(NCC(O)CO)cc1-c1cccc(O)c1. The first kappa shape index (κ1) is 14.2. The Labute approximate surface area is 117 Å². The van der Waals surface area contributed by atoms with Gasteiger partial charge in [0.05, 0.1) is 12.7 Å². The summed E-state index contributed by atoms with van der Waals surface area (Å²) in [6.45, 7) is -0.0404. The second-order valence-electron chi connectivity index (χ2n) is 4.57. The first-order valence-corrected chi connectivity index (χ1v) is 6.32. The third-order valence-electron chi connectivity index (χ3n) is 2.96. The highest BCUT2D eigenvalue weighted by Gasteiger charge is 2.06. The molecule has 5 nitrogen and oxygen atoms in total. The maximum atomic E-state index is 9.53. The normalized spacial score (nSPS) is 12.1. The number of aliphatic hydroxyl groups excluding tert-OH is 2. The van der Waals surface area contributed by atoms with E-state index in [0.29, 0.717) is 5.69 Å². The van der Waals surface area contributed by atoms with E-state index in [4.69, 9.17) is 10.8 Å². The second-order valence-corrected chi connectivity index (χ2v) is 4.57. The largest absolute Gasteiger partial charge is 0.508 e. The highest BCUT2D eigenvalue weighted by molar-refractivity contribution is 5.80. The van der Waals surface area contributed by atoms with Gasteiger partial charge in [0.2, 0.25) is 0 Å². The average molecular weight is 274 g/mol. The Morgan fingerprint density at radius 3 is 2.65 bits per heavy atom. The number of phenols is 1. The van der Waals surface area contributed by atoms with Crippen molar-refractivity contribution in [3.05, 3.63) is 42.5 Å². The number of phenolic OH excluding ortho intramolecular Hbond substituents is 1. The number of benzene rings is 2. The van der Waals surface area contributed by atoms with E-state index < -0.39 is 6.10 Å². The molecule has 0 aliphatic carbocycles. The molecule has 1 atom stereocenters. The van der Waals surface area contributed by atoms with Crippen LogP contribution < -0.4 is 11.1 Å². The summed E-state index contributed by atoms with van der Waals surface area (Å²) in [6, 6.07) is 12.2. The molecule has 0 aliphatic heterocycles. The van der Waals surface area contributed by atoms with Crippen LogP contribution in [0.5, 0.6) is 5.75 Å². The molecule has 2 aromatic rings. The molecule has 0 saturated carbocycles. The third-order valence-corrected chi connectivity index (χ3v) is 2.96. The summed E-state index contributed by atoms with van der Waals surface area (Å²) in [5.41, 5.74) is 8.95. The van der Waals surface area contributed by atoms with Crippen molar-refractivity contribution < 1.29 is 15.3 Å². The van der Waals surface area contributed by atoms with Gasteiger partial charge in [0, 0.05) is 23.5 Å². The Hall–Kier alpha value is -2.24. The zero-order valence-corrected chi connectivity index (χ0v) is 11.0. The van der Waals surface area contributed by atoms with Crippen molar-refractivity contribution in [3.8, 4) is 16.9 Å². The van der Waals surface area contributed by atoms with Crippen LogP contribution in [0, 0.1) is 0 Å². The molecule has 0 fully saturated rings. The molecule has 1 unspecified atom stereocenters. The van der Waals surface area contributed by atoms with E-state index in [1.807, 2.05) is 12.1 Å². The van der Waals surface area contributed by atoms with Gasteiger partial charge in [0.15, 0.2) is 0 Å². The van der Waals surface area contributed by atoms with E-state index in [0.717, 1.165) is 16.8 Å². The maximum absolute atomic E-state index is 9.53. The van der Waals surface area contributed by atoms with Gasteiger partial charge in [-0.25, -0.2) is 0 Å². The smallest absolute Gasteiger partial charge is 0.116 e. The van der Waals surface area contributed by atoms with Gasteiger partial charge in [0.1, 0.15) is 5.75 Å². The quantitative estimate of drug-likeness (QED) is 0.531. The van der Waals surface area contributed by atoms with Crippen LogP contribution in [0.4, 0.5) is 11.4 Å². The molecule has 0 saturated heterocycles. The minimum absolute atomic E-state index is 0.177. The van der Waals surface area contributed by atoms with Crippen LogP contribution in [-0.4, -0.2) is 34.6 Å². The summed E-state index contributed by atoms with van der Waals surface area (Å²) < 4.78 is 0. The monoisotopic (exact) mass is 274 g/mol. The average Bonchev–Trinajstić information content (AvgIpc) is 2.46. The molecular formula is C15H18N2O3. The Morgan fingerprint density at radius 1 is 1.15 bits per heavy atom. The molecule has 0 aromatic heterocycles. The third kappa shape index (κ3) is 3.40. The molecule has 6 N–H and O–H groups in total. The summed E-state index contributed by atoms with van der Waals surface area (Å²) in [5.74, 6) is 0.177. The Balaban J connectivity index is 2.25. The van der Waals surface area contributed by atoms with Gasteiger partial charge in [-0.1, -0.05) is 12.1 Å². The summed E-state index contributed by atoms with van der Waals surface area (Å²) in [5, 5.41) is 30.7. The Morgan fingerprint density at radius 2 is 1.95 bits per heavy atom. The fraction of sp³-hybridized carbons (Fsp3) is 0.200. The minimum atomic E-state index is -0.809. The summed E-state index contributed by atoms with van der Waals surface area (Å²) >= 11 is 0. The summed E-state index contributed by atoms with van der Waals surface area (Å²) in [4.78, 5) is 0. The van der Waals surface area contributed by atoms with Gasteiger partial charge >= 0.3 is 0 Å². The molecular weight excluding hydrogens is 256 g/mol. The molecule has 0 radical (unpaired) electrons. The molecule has 0 aliphatic rings. The molecule has 0 spiro atoms. The van der Waals surface area contributed by atoms with Crippen molar-refractivity contribution in [2.24, 2.45) is 0 Å². The van der Waals surface area contributed by atoms with E-state index >= 15 is 0 Å². The molecule has 0 amide bonds. The second kappa shape index (κ2) is 6.27. The van der Waals surface area contributed by atoms with Crippen molar-refractivity contribution in [1.29, 1.82) is 0 Å². The molecule has 0 heterocycles. The lowest BCUT2D eigenvalue weighted by atomic mass is 10.0. The number of aliphatic hydroxyl groups is 2. The number of rotatable bonds is 5. The lowest BCUT2D eigenvalue weighted by molar-refractivity contribution is 0.105. The minimum Gasteiger partial charge on any atom is -0.508 e. The molecule has 0 bridgehead atoms. The van der Waals surface area contributed by atoms with Crippen molar-refractivity contribution >= 4 is 11.4 Å². The van der Waals surface area contributed by atoms with Crippen molar-refractivity contribution in [3.63, 3.8) is 0 Å². The Kier molecular flexibility index (Phi) is 4.45. The van der Waals surface area contributed by atoms with Gasteiger partial charge in [-0.2, -0.15) is 0 Å². The van der Waals surface area contributed by atoms with Gasteiger partial charge in [-0.15, -0.1) is 0 Å². The van der Waals surface area contributed by atoms with Crippen LogP contribution in [0.1, 0.15) is 0 Å². The van der Waals surface area contributed by atoms with Crippen molar-refractivity contribution in [2.45, 2.75) is 6.10 Å². The van der Waals surface area contributed by atoms with Crippen LogP contribution in [-0.2, 0) is 0 Å². The van der Waals surface area contributed by atoms with E-state index in [1.165, 1.54) is 0 Å². The topological polar surface area (TPSA) is 98.7 Å². The fourth-order valence-electron chi connectivity index (χ4n) is 1.89. The van der Waals surface area contributed by atoms with E-state index in [9.17, 15) is 10.2 Å². The van der Waals surface area contributed by atoms with Crippen molar-refractivity contribution in [2.75, 3.05) is 24.2 Å². The number of hydrogen-bond donors (Lipinski definition) is 5. The van der Waals surface area contributed by atoms with Crippen LogP contribution in [0.3, 0.4) is 0 Å². The number of anilines is 2. The standard InChI is InChI=1S/C15H18N2O3/c16-15-5-4-11(17-8-13(20)9-18)7-14(15)10-2-1-3-12(19)6-10/h1-7,13,17-20H,8-9,16H2. The lowest BCUT2D eigenvalue weighted by Gasteiger charge is -2.13. The highest BCUT2D eigenvalue weighted by Crippen LogP contribution is 2.30. The van der Waals surface area contributed by atoms with E-state index in [1.54, 1.807) is 30.3 Å². The predicted octanol–water partition coefficient (Wildman–Crippen LogP) is 1.41. The van der Waals surface area contributed by atoms with Crippen LogP contribution in [0.2, 0.25) is 0 Å². The Bertz CT molecular complexity index is 587. The molecule has 20 heavy (non-hydrogen) atoms. The first-order valence-electron chi connectivity index (χ1n) is 6.32. The maximum Gasteiger partial charge on any atom is 0.116 e. The summed E-state index contributed by atoms with van der Waals surface area (Å²) in [7, 11) is 0. The van der Waals surface area contributed by atoms with Crippen LogP contribution in [0.15, 0.2) is 42.5 Å². The number of nitrogen functional groups attached to an aromatic ring is 1. The lowest BCUT2D eigenvalue weighted by Crippen LogP contribution is -2.22.